The summed E-state index contributed by atoms with van der Waals surface area (Å²) in [6, 6.07) is 7.55. The van der Waals surface area contributed by atoms with E-state index in [1.807, 2.05) is 35.9 Å². The van der Waals surface area contributed by atoms with E-state index in [-0.39, 0.29) is 5.91 Å². The van der Waals surface area contributed by atoms with Crippen molar-refractivity contribution in [3.05, 3.63) is 46.2 Å². The van der Waals surface area contributed by atoms with Crippen molar-refractivity contribution in [2.75, 3.05) is 11.1 Å². The van der Waals surface area contributed by atoms with E-state index in [1.54, 1.807) is 17.4 Å². The van der Waals surface area contributed by atoms with E-state index >= 15 is 0 Å². The molecule has 0 aliphatic carbocycles. The number of aryl methyl sites for hydroxylation is 1. The molecular formula is C13H14N2OS. The van der Waals surface area contributed by atoms with Gasteiger partial charge in [-0.05, 0) is 47.0 Å². The third kappa shape index (κ3) is 3.07. The highest BCUT2D eigenvalue weighted by Gasteiger charge is 2.06. The van der Waals surface area contributed by atoms with Crippen LogP contribution in [0.1, 0.15) is 11.1 Å². The minimum absolute atomic E-state index is 0.0410. The molecular weight excluding hydrogens is 232 g/mol. The van der Waals surface area contributed by atoms with Gasteiger partial charge in [0.1, 0.15) is 0 Å². The summed E-state index contributed by atoms with van der Waals surface area (Å²) in [6.45, 7) is 1.97. The van der Waals surface area contributed by atoms with Crippen LogP contribution in [0.3, 0.4) is 0 Å². The summed E-state index contributed by atoms with van der Waals surface area (Å²) in [5.41, 5.74) is 9.18. The van der Waals surface area contributed by atoms with E-state index in [4.69, 9.17) is 5.73 Å². The lowest BCUT2D eigenvalue weighted by Crippen LogP contribution is -2.15. The van der Waals surface area contributed by atoms with Crippen LogP contribution in [0.5, 0.6) is 0 Å². The summed E-state index contributed by atoms with van der Waals surface area (Å²) in [5.74, 6) is -0.0410. The molecule has 0 bridgehead atoms. The van der Waals surface area contributed by atoms with E-state index in [2.05, 4.69) is 5.32 Å². The van der Waals surface area contributed by atoms with Crippen LogP contribution in [0.2, 0.25) is 0 Å². The zero-order valence-electron chi connectivity index (χ0n) is 9.57. The highest BCUT2D eigenvalue weighted by molar-refractivity contribution is 7.08. The quantitative estimate of drug-likeness (QED) is 0.818. The van der Waals surface area contributed by atoms with E-state index < -0.39 is 0 Å². The predicted octanol–water partition coefficient (Wildman–Crippen LogP) is 2.82. The number of nitrogens with one attached hydrogen (secondary N) is 1. The van der Waals surface area contributed by atoms with Gasteiger partial charge >= 0.3 is 0 Å². The van der Waals surface area contributed by atoms with Crippen molar-refractivity contribution >= 4 is 28.6 Å². The zero-order valence-corrected chi connectivity index (χ0v) is 10.4. The molecule has 0 aliphatic rings. The molecule has 0 saturated carbocycles. The molecule has 1 heterocycles. The summed E-state index contributed by atoms with van der Waals surface area (Å²) >= 11 is 1.59. The number of thiophene rings is 1. The molecule has 0 fully saturated rings. The smallest absolute Gasteiger partial charge is 0.228 e. The summed E-state index contributed by atoms with van der Waals surface area (Å²) in [5, 5.41) is 6.76. The van der Waals surface area contributed by atoms with Gasteiger partial charge in [0.15, 0.2) is 0 Å². The van der Waals surface area contributed by atoms with E-state index in [1.165, 1.54) is 0 Å². The summed E-state index contributed by atoms with van der Waals surface area (Å²) in [7, 11) is 0. The van der Waals surface area contributed by atoms with Gasteiger partial charge in [0.05, 0.1) is 17.8 Å². The normalized spacial score (nSPS) is 10.2. The summed E-state index contributed by atoms with van der Waals surface area (Å²) in [4.78, 5) is 11.8. The lowest BCUT2D eigenvalue weighted by molar-refractivity contribution is -0.115. The maximum Gasteiger partial charge on any atom is 0.228 e. The summed E-state index contributed by atoms with van der Waals surface area (Å²) in [6.07, 6.45) is 0.386. The molecule has 0 unspecified atom stereocenters. The van der Waals surface area contributed by atoms with Gasteiger partial charge in [-0.25, -0.2) is 0 Å². The first-order valence-electron chi connectivity index (χ1n) is 5.32. The first-order valence-corrected chi connectivity index (χ1v) is 6.26. The van der Waals surface area contributed by atoms with Crippen molar-refractivity contribution in [1.82, 2.24) is 0 Å². The Bertz CT molecular complexity index is 520. The Kier molecular flexibility index (Phi) is 3.44. The fourth-order valence-electron chi connectivity index (χ4n) is 1.55. The van der Waals surface area contributed by atoms with Gasteiger partial charge in [0.25, 0.3) is 0 Å². The number of benzene rings is 1. The first-order chi connectivity index (χ1) is 8.15. The number of rotatable bonds is 3. The Morgan fingerprint density at radius 2 is 2.24 bits per heavy atom. The molecule has 88 valence electrons. The SMILES string of the molecule is Cc1ccc(N)c(NC(=O)Cc2ccsc2)c1. The molecule has 2 rings (SSSR count). The number of carbonyl (C=O) groups is 1. The van der Waals surface area contributed by atoms with Crippen molar-refractivity contribution in [1.29, 1.82) is 0 Å². The van der Waals surface area contributed by atoms with Crippen LogP contribution in [0.4, 0.5) is 11.4 Å². The molecule has 4 heteroatoms. The predicted molar refractivity (Wildman–Crippen MR) is 72.2 cm³/mol. The van der Waals surface area contributed by atoms with Crippen LogP contribution < -0.4 is 11.1 Å². The number of amides is 1. The standard InChI is InChI=1S/C13H14N2OS/c1-9-2-3-11(14)12(6-9)15-13(16)7-10-4-5-17-8-10/h2-6,8H,7,14H2,1H3,(H,15,16). The Morgan fingerprint density at radius 3 is 2.94 bits per heavy atom. The van der Waals surface area contributed by atoms with Crippen LogP contribution in [-0.4, -0.2) is 5.91 Å². The Morgan fingerprint density at radius 1 is 1.41 bits per heavy atom. The largest absolute Gasteiger partial charge is 0.397 e. The maximum absolute atomic E-state index is 11.8. The molecule has 0 atom stereocenters. The third-order valence-corrected chi connectivity index (χ3v) is 3.16. The molecule has 0 radical (unpaired) electrons. The number of nitrogens with two attached hydrogens (primary N) is 1. The highest BCUT2D eigenvalue weighted by atomic mass is 32.1. The topological polar surface area (TPSA) is 55.1 Å². The van der Waals surface area contributed by atoms with Crippen molar-refractivity contribution < 1.29 is 4.79 Å². The lowest BCUT2D eigenvalue weighted by atomic mass is 10.2. The highest BCUT2D eigenvalue weighted by Crippen LogP contribution is 2.20. The van der Waals surface area contributed by atoms with Gasteiger partial charge in [-0.15, -0.1) is 0 Å². The molecule has 3 N–H and O–H groups in total. The fraction of sp³-hybridized carbons (Fsp3) is 0.154. The van der Waals surface area contributed by atoms with E-state index in [0.29, 0.717) is 17.8 Å². The van der Waals surface area contributed by atoms with Crippen LogP contribution >= 0.6 is 11.3 Å². The van der Waals surface area contributed by atoms with Gasteiger partial charge in [-0.2, -0.15) is 11.3 Å². The lowest BCUT2D eigenvalue weighted by Gasteiger charge is -2.08. The Hall–Kier alpha value is -1.81. The molecule has 17 heavy (non-hydrogen) atoms. The first kappa shape index (κ1) is 11.7. The number of carbonyl (C=O) groups excluding carboxylic acids is 1. The van der Waals surface area contributed by atoms with Gasteiger partial charge in [0.2, 0.25) is 5.91 Å². The number of anilines is 2. The molecule has 1 amide bonds. The molecule has 0 aliphatic heterocycles. The van der Waals surface area contributed by atoms with Crippen molar-refractivity contribution in [3.63, 3.8) is 0 Å². The van der Waals surface area contributed by atoms with E-state index in [9.17, 15) is 4.79 Å². The fourth-order valence-corrected chi connectivity index (χ4v) is 2.22. The van der Waals surface area contributed by atoms with Crippen LogP contribution in [0, 0.1) is 6.92 Å². The monoisotopic (exact) mass is 246 g/mol. The van der Waals surface area contributed by atoms with Crippen molar-refractivity contribution in [3.8, 4) is 0 Å². The second-order valence-electron chi connectivity index (χ2n) is 3.95. The van der Waals surface area contributed by atoms with Crippen LogP contribution in [0.25, 0.3) is 0 Å². The van der Waals surface area contributed by atoms with Crippen molar-refractivity contribution in [2.45, 2.75) is 13.3 Å². The summed E-state index contributed by atoms with van der Waals surface area (Å²) < 4.78 is 0. The zero-order chi connectivity index (χ0) is 12.3. The molecule has 0 spiro atoms. The van der Waals surface area contributed by atoms with Gasteiger partial charge in [-0.1, -0.05) is 6.07 Å². The Labute approximate surface area is 104 Å². The Balaban J connectivity index is 2.05. The molecule has 1 aromatic carbocycles. The third-order valence-electron chi connectivity index (χ3n) is 2.43. The van der Waals surface area contributed by atoms with Gasteiger partial charge in [-0.3, -0.25) is 4.79 Å². The maximum atomic E-state index is 11.8. The van der Waals surface area contributed by atoms with E-state index in [0.717, 1.165) is 11.1 Å². The minimum Gasteiger partial charge on any atom is -0.397 e. The number of nitrogen functional groups attached to an aromatic ring is 1. The molecule has 1 aromatic heterocycles. The minimum atomic E-state index is -0.0410. The van der Waals surface area contributed by atoms with Crippen LogP contribution in [0.15, 0.2) is 35.0 Å². The van der Waals surface area contributed by atoms with Gasteiger partial charge < -0.3 is 11.1 Å². The average Bonchev–Trinajstić information content (AvgIpc) is 2.76. The second-order valence-corrected chi connectivity index (χ2v) is 4.73. The van der Waals surface area contributed by atoms with Crippen molar-refractivity contribution in [2.24, 2.45) is 0 Å². The van der Waals surface area contributed by atoms with Crippen LogP contribution in [-0.2, 0) is 11.2 Å². The van der Waals surface area contributed by atoms with Gasteiger partial charge in [0, 0.05) is 0 Å². The number of hydrogen-bond donors (Lipinski definition) is 2. The number of hydrogen-bond acceptors (Lipinski definition) is 3. The second kappa shape index (κ2) is 5.01. The molecule has 2 aromatic rings. The average molecular weight is 246 g/mol. The molecule has 0 saturated heterocycles. The molecule has 3 nitrogen and oxygen atoms in total.